The molecule has 0 aliphatic carbocycles. The Labute approximate surface area is 157 Å². The Hall–Kier alpha value is -3.40. The Kier molecular flexibility index (Phi) is 5.81. The number of rotatable bonds is 5. The van der Waals surface area contributed by atoms with Gasteiger partial charge in [0.2, 0.25) is 5.91 Å². The Bertz CT molecular complexity index is 932. The van der Waals surface area contributed by atoms with E-state index in [1.807, 2.05) is 0 Å². The van der Waals surface area contributed by atoms with E-state index in [4.69, 9.17) is 6.57 Å². The van der Waals surface area contributed by atoms with E-state index in [0.29, 0.717) is 17.1 Å². The van der Waals surface area contributed by atoms with E-state index >= 15 is 0 Å². The number of benzene rings is 2. The van der Waals surface area contributed by atoms with Crippen molar-refractivity contribution < 1.29 is 14.0 Å². The number of carbonyl (C=O) groups excluding carboxylic acids is 2. The first-order valence-corrected chi connectivity index (χ1v) is 8.27. The highest BCUT2D eigenvalue weighted by Gasteiger charge is 2.28. The predicted molar refractivity (Wildman–Crippen MR) is 104 cm³/mol. The molecule has 2 rings (SSSR count). The average molecular weight is 368 g/mol. The van der Waals surface area contributed by atoms with Gasteiger partial charge in [0.15, 0.2) is 5.69 Å². The number of halogens is 1. The summed E-state index contributed by atoms with van der Waals surface area (Å²) in [5, 5.41) is 8.12. The number of hydrogen-bond acceptors (Lipinski definition) is 3. The quantitative estimate of drug-likeness (QED) is 0.701. The molecule has 0 saturated heterocycles. The number of amides is 2. The molecule has 7 heteroatoms. The lowest BCUT2D eigenvalue weighted by Gasteiger charge is -2.26. The highest BCUT2D eigenvalue weighted by molar-refractivity contribution is 6.00. The third-order valence-electron chi connectivity index (χ3n) is 4.04. The minimum Gasteiger partial charge on any atom is -0.372 e. The largest absolute Gasteiger partial charge is 0.372 e. The molecule has 2 amide bonds. The molecule has 0 aliphatic heterocycles. The maximum Gasteiger partial charge on any atom is 0.253 e. The second-order valence-electron chi connectivity index (χ2n) is 6.59. The maximum atomic E-state index is 14.1. The minimum absolute atomic E-state index is 0.0688. The summed E-state index contributed by atoms with van der Waals surface area (Å²) in [7, 11) is 1.42. The summed E-state index contributed by atoms with van der Waals surface area (Å²) in [6.07, 6.45) is 0. The van der Waals surface area contributed by atoms with Crippen molar-refractivity contribution in [1.82, 2.24) is 5.32 Å². The second kappa shape index (κ2) is 7.87. The monoisotopic (exact) mass is 368 g/mol. The number of nitrogens with zero attached hydrogens (tertiary/aromatic N) is 1. The van der Waals surface area contributed by atoms with Gasteiger partial charge in [-0.3, -0.25) is 9.59 Å². The number of anilines is 2. The van der Waals surface area contributed by atoms with E-state index < -0.39 is 17.3 Å². The number of nitrogens with one attached hydrogen (secondary N) is 3. The Morgan fingerprint density at radius 1 is 1.11 bits per heavy atom. The van der Waals surface area contributed by atoms with Gasteiger partial charge in [-0.2, -0.15) is 0 Å². The van der Waals surface area contributed by atoms with Crippen LogP contribution in [0.25, 0.3) is 4.85 Å². The molecule has 0 unspecified atom stereocenters. The molecule has 6 nitrogen and oxygen atoms in total. The van der Waals surface area contributed by atoms with Crippen molar-refractivity contribution in [3.05, 3.63) is 64.8 Å². The van der Waals surface area contributed by atoms with E-state index in [9.17, 15) is 14.0 Å². The molecule has 0 saturated carbocycles. The van der Waals surface area contributed by atoms with Crippen LogP contribution in [-0.4, -0.2) is 24.4 Å². The van der Waals surface area contributed by atoms with Crippen molar-refractivity contribution in [3.8, 4) is 0 Å². The molecule has 0 fully saturated rings. The smallest absolute Gasteiger partial charge is 0.253 e. The Morgan fingerprint density at radius 2 is 1.78 bits per heavy atom. The Balaban J connectivity index is 2.14. The van der Waals surface area contributed by atoms with Gasteiger partial charge in [-0.1, -0.05) is 6.07 Å². The summed E-state index contributed by atoms with van der Waals surface area (Å²) in [5.41, 5.74) is 1.12. The van der Waals surface area contributed by atoms with Crippen molar-refractivity contribution in [2.45, 2.75) is 26.3 Å². The molecule has 0 heterocycles. The summed E-state index contributed by atoms with van der Waals surface area (Å²) in [6.45, 7) is 12.2. The first-order chi connectivity index (χ1) is 12.7. The van der Waals surface area contributed by atoms with Crippen LogP contribution in [-0.2, 0) is 4.79 Å². The number of aryl methyl sites for hydroxylation is 1. The van der Waals surface area contributed by atoms with Crippen LogP contribution >= 0.6 is 0 Å². The summed E-state index contributed by atoms with van der Waals surface area (Å²) in [6, 6.07) is 9.10. The van der Waals surface area contributed by atoms with Gasteiger partial charge in [0.25, 0.3) is 5.91 Å². The van der Waals surface area contributed by atoms with E-state index in [2.05, 4.69) is 20.8 Å². The zero-order chi connectivity index (χ0) is 20.2. The Morgan fingerprint density at radius 3 is 2.33 bits per heavy atom. The molecule has 0 bridgehead atoms. The lowest BCUT2D eigenvalue weighted by atomic mass is 10.0. The van der Waals surface area contributed by atoms with Gasteiger partial charge in [-0.05, 0) is 56.7 Å². The molecule has 2 aromatic carbocycles. The highest BCUT2D eigenvalue weighted by atomic mass is 19.1. The van der Waals surface area contributed by atoms with E-state index in [0.717, 1.165) is 5.56 Å². The van der Waals surface area contributed by atoms with Gasteiger partial charge in [-0.15, -0.1) is 0 Å². The van der Waals surface area contributed by atoms with Crippen molar-refractivity contribution in [2.75, 3.05) is 17.7 Å². The molecule has 3 N–H and O–H groups in total. The third kappa shape index (κ3) is 4.61. The maximum absolute atomic E-state index is 14.1. The van der Waals surface area contributed by atoms with Gasteiger partial charge >= 0.3 is 0 Å². The molecule has 0 aromatic heterocycles. The molecule has 27 heavy (non-hydrogen) atoms. The van der Waals surface area contributed by atoms with Gasteiger partial charge in [0, 0.05) is 18.4 Å². The van der Waals surface area contributed by atoms with Crippen LogP contribution in [0.5, 0.6) is 0 Å². The summed E-state index contributed by atoms with van der Waals surface area (Å²) in [5.74, 6) is -1.52. The van der Waals surface area contributed by atoms with Crippen molar-refractivity contribution in [2.24, 2.45) is 0 Å². The fraction of sp³-hybridized carbons (Fsp3) is 0.250. The standard InChI is InChI=1S/C20H21FN4O2/c1-12-10-13(7-9-17(12)22-4)24-19(27)20(2,3)25-14-6-8-15(16(21)11-14)18(26)23-5/h6-11,25H,1-3,5H3,(H,23,26)(H,24,27). The lowest BCUT2D eigenvalue weighted by molar-refractivity contribution is -0.119. The minimum atomic E-state index is -1.05. The lowest BCUT2D eigenvalue weighted by Crippen LogP contribution is -2.44. The van der Waals surface area contributed by atoms with E-state index in [1.54, 1.807) is 39.0 Å². The first kappa shape index (κ1) is 19.9. The van der Waals surface area contributed by atoms with Crippen LogP contribution in [0.4, 0.5) is 21.5 Å². The molecule has 140 valence electrons. The predicted octanol–water partition coefficient (Wildman–Crippen LogP) is 3.87. The van der Waals surface area contributed by atoms with Crippen molar-refractivity contribution in [1.29, 1.82) is 0 Å². The van der Waals surface area contributed by atoms with Crippen LogP contribution in [0, 0.1) is 19.3 Å². The normalized spacial score (nSPS) is 10.7. The van der Waals surface area contributed by atoms with E-state index in [1.165, 1.54) is 25.2 Å². The SMILES string of the molecule is [C-]#[N+]c1ccc(NC(=O)C(C)(C)Nc2ccc(C(=O)NC)c(F)c2)cc1C. The molecule has 0 aliphatic rings. The molecule has 0 radical (unpaired) electrons. The second-order valence-corrected chi connectivity index (χ2v) is 6.59. The van der Waals surface area contributed by atoms with Crippen molar-refractivity contribution >= 4 is 28.9 Å². The van der Waals surface area contributed by atoms with Crippen LogP contribution in [0.3, 0.4) is 0 Å². The van der Waals surface area contributed by atoms with E-state index in [-0.39, 0.29) is 11.5 Å². The first-order valence-electron chi connectivity index (χ1n) is 8.27. The fourth-order valence-electron chi connectivity index (χ4n) is 2.48. The topological polar surface area (TPSA) is 74.6 Å². The van der Waals surface area contributed by atoms with Gasteiger partial charge in [-0.25, -0.2) is 9.24 Å². The van der Waals surface area contributed by atoms with Crippen LogP contribution in [0.15, 0.2) is 36.4 Å². The van der Waals surface area contributed by atoms with Gasteiger partial charge < -0.3 is 16.0 Å². The summed E-state index contributed by atoms with van der Waals surface area (Å²) >= 11 is 0. The van der Waals surface area contributed by atoms with Crippen molar-refractivity contribution in [3.63, 3.8) is 0 Å². The molecule has 0 spiro atoms. The van der Waals surface area contributed by atoms with Gasteiger partial charge in [0.05, 0.1) is 12.1 Å². The third-order valence-corrected chi connectivity index (χ3v) is 4.04. The molecule has 2 aromatic rings. The fourth-order valence-corrected chi connectivity index (χ4v) is 2.48. The zero-order valence-electron chi connectivity index (χ0n) is 15.6. The van der Waals surface area contributed by atoms with Gasteiger partial charge in [0.1, 0.15) is 11.4 Å². The van der Waals surface area contributed by atoms with Crippen LogP contribution in [0.1, 0.15) is 29.8 Å². The van der Waals surface area contributed by atoms with Crippen LogP contribution in [0.2, 0.25) is 0 Å². The number of carbonyl (C=O) groups is 2. The highest BCUT2D eigenvalue weighted by Crippen LogP contribution is 2.24. The van der Waals surface area contributed by atoms with Crippen LogP contribution < -0.4 is 16.0 Å². The average Bonchev–Trinajstić information content (AvgIpc) is 2.61. The number of hydrogen-bond donors (Lipinski definition) is 3. The molecule has 0 atom stereocenters. The molecular formula is C20H21FN4O2. The summed E-state index contributed by atoms with van der Waals surface area (Å²) in [4.78, 5) is 27.6. The molecular weight excluding hydrogens is 347 g/mol. The summed E-state index contributed by atoms with van der Waals surface area (Å²) < 4.78 is 14.1. The zero-order valence-corrected chi connectivity index (χ0v) is 15.6.